The van der Waals surface area contributed by atoms with Crippen molar-refractivity contribution in [2.24, 2.45) is 0 Å². The molecule has 2 heterocycles. The highest BCUT2D eigenvalue weighted by atomic mass is 16.2. The van der Waals surface area contributed by atoms with Crippen molar-refractivity contribution in [1.29, 1.82) is 0 Å². The molecule has 5 heteroatoms. The summed E-state index contributed by atoms with van der Waals surface area (Å²) in [7, 11) is 1.72. The van der Waals surface area contributed by atoms with Gasteiger partial charge in [0, 0.05) is 31.9 Å². The van der Waals surface area contributed by atoms with E-state index in [2.05, 4.69) is 33.5 Å². The quantitative estimate of drug-likeness (QED) is 0.841. The number of carbonyl (C=O) groups is 1. The van der Waals surface area contributed by atoms with Crippen LogP contribution in [0.4, 0.5) is 5.82 Å². The fourth-order valence-corrected chi connectivity index (χ4v) is 2.83. The summed E-state index contributed by atoms with van der Waals surface area (Å²) in [6, 6.07) is 4.05. The van der Waals surface area contributed by atoms with Gasteiger partial charge >= 0.3 is 0 Å². The van der Waals surface area contributed by atoms with Crippen molar-refractivity contribution in [3.63, 3.8) is 0 Å². The lowest BCUT2D eigenvalue weighted by atomic mass is 10.0. The number of likely N-dealkylation sites (tertiary alicyclic amines) is 1. The predicted octanol–water partition coefficient (Wildman–Crippen LogP) is 2.00. The van der Waals surface area contributed by atoms with Crippen LogP contribution in [0.15, 0.2) is 18.3 Å². The summed E-state index contributed by atoms with van der Waals surface area (Å²) < 4.78 is 0. The lowest BCUT2D eigenvalue weighted by molar-refractivity contribution is -0.127. The van der Waals surface area contributed by atoms with E-state index in [-0.39, 0.29) is 11.9 Å². The van der Waals surface area contributed by atoms with Crippen molar-refractivity contribution < 1.29 is 4.79 Å². The number of hydrogen-bond acceptors (Lipinski definition) is 4. The second kappa shape index (κ2) is 7.98. The summed E-state index contributed by atoms with van der Waals surface area (Å²) in [5.74, 6) is 1.07. The minimum absolute atomic E-state index is 0.0111. The number of pyridine rings is 1. The number of rotatable bonds is 6. The monoisotopic (exact) mass is 290 g/mol. The summed E-state index contributed by atoms with van der Waals surface area (Å²) in [6.07, 6.45) is 6.11. The average molecular weight is 290 g/mol. The van der Waals surface area contributed by atoms with E-state index in [1.807, 2.05) is 12.3 Å². The van der Waals surface area contributed by atoms with Crippen molar-refractivity contribution in [2.75, 3.05) is 25.5 Å². The van der Waals surface area contributed by atoms with Gasteiger partial charge in [-0.15, -0.1) is 0 Å². The number of piperidine rings is 1. The van der Waals surface area contributed by atoms with Crippen LogP contribution in [0, 0.1) is 0 Å². The second-order valence-electron chi connectivity index (χ2n) is 5.53. The Morgan fingerprint density at radius 1 is 1.48 bits per heavy atom. The van der Waals surface area contributed by atoms with E-state index in [4.69, 9.17) is 0 Å². The van der Waals surface area contributed by atoms with Gasteiger partial charge in [0.1, 0.15) is 5.82 Å². The molecule has 1 aromatic rings. The molecule has 1 amide bonds. The zero-order chi connectivity index (χ0) is 15.1. The normalized spacial score (nSPS) is 19.2. The highest BCUT2D eigenvalue weighted by molar-refractivity contribution is 5.81. The van der Waals surface area contributed by atoms with Gasteiger partial charge in [-0.1, -0.05) is 19.4 Å². The van der Waals surface area contributed by atoms with E-state index in [0.29, 0.717) is 0 Å². The maximum absolute atomic E-state index is 12.0. The molecule has 2 N–H and O–H groups in total. The van der Waals surface area contributed by atoms with E-state index in [1.54, 1.807) is 7.05 Å². The van der Waals surface area contributed by atoms with Gasteiger partial charge in [0.05, 0.1) is 6.04 Å². The van der Waals surface area contributed by atoms with Gasteiger partial charge < -0.3 is 10.6 Å². The van der Waals surface area contributed by atoms with Gasteiger partial charge in [0.25, 0.3) is 0 Å². The molecule has 5 nitrogen and oxygen atoms in total. The third-order valence-electron chi connectivity index (χ3n) is 3.97. The van der Waals surface area contributed by atoms with Crippen LogP contribution in [0.25, 0.3) is 0 Å². The lowest BCUT2D eigenvalue weighted by Crippen LogP contribution is -2.48. The van der Waals surface area contributed by atoms with Crippen molar-refractivity contribution in [3.8, 4) is 0 Å². The number of hydrogen-bond donors (Lipinski definition) is 2. The fraction of sp³-hybridized carbons (Fsp3) is 0.625. The molecule has 0 radical (unpaired) electrons. The Morgan fingerprint density at radius 2 is 2.33 bits per heavy atom. The number of amides is 1. The largest absolute Gasteiger partial charge is 0.370 e. The summed E-state index contributed by atoms with van der Waals surface area (Å²) in [4.78, 5) is 18.7. The fourth-order valence-electron chi connectivity index (χ4n) is 2.83. The topological polar surface area (TPSA) is 57.3 Å². The lowest BCUT2D eigenvalue weighted by Gasteiger charge is -2.34. The van der Waals surface area contributed by atoms with Gasteiger partial charge in [-0.05, 0) is 31.9 Å². The second-order valence-corrected chi connectivity index (χ2v) is 5.53. The third-order valence-corrected chi connectivity index (χ3v) is 3.97. The zero-order valence-electron chi connectivity index (χ0n) is 13.1. The van der Waals surface area contributed by atoms with Gasteiger partial charge in [0.2, 0.25) is 5.91 Å². The van der Waals surface area contributed by atoms with Crippen LogP contribution in [0.3, 0.4) is 0 Å². The van der Waals surface area contributed by atoms with E-state index in [9.17, 15) is 4.79 Å². The molecule has 1 unspecified atom stereocenters. The zero-order valence-corrected chi connectivity index (χ0v) is 13.1. The molecule has 1 aromatic heterocycles. The summed E-state index contributed by atoms with van der Waals surface area (Å²) in [5.41, 5.74) is 1.17. The van der Waals surface area contributed by atoms with Crippen molar-refractivity contribution in [3.05, 3.63) is 23.9 Å². The first-order valence-electron chi connectivity index (χ1n) is 7.89. The molecular formula is C16H26N4O. The van der Waals surface area contributed by atoms with Gasteiger partial charge in [-0.2, -0.15) is 0 Å². The molecular weight excluding hydrogens is 264 g/mol. The predicted molar refractivity (Wildman–Crippen MR) is 85.1 cm³/mol. The SMILES string of the molecule is CCCNc1ncccc1CN1CCCCC1C(=O)NC. The molecule has 0 bridgehead atoms. The van der Waals surface area contributed by atoms with Gasteiger partial charge in [-0.3, -0.25) is 9.69 Å². The maximum atomic E-state index is 12.0. The van der Waals surface area contributed by atoms with Gasteiger partial charge in [-0.25, -0.2) is 4.98 Å². The van der Waals surface area contributed by atoms with E-state index in [1.165, 1.54) is 5.56 Å². The van der Waals surface area contributed by atoms with E-state index in [0.717, 1.165) is 51.1 Å². The third kappa shape index (κ3) is 4.17. The Hall–Kier alpha value is -1.62. The smallest absolute Gasteiger partial charge is 0.237 e. The molecule has 1 atom stereocenters. The number of carbonyl (C=O) groups excluding carboxylic acids is 1. The molecule has 116 valence electrons. The Labute approximate surface area is 127 Å². The minimum atomic E-state index is -0.0111. The molecule has 1 aliphatic rings. The van der Waals surface area contributed by atoms with Crippen LogP contribution in [-0.2, 0) is 11.3 Å². The number of likely N-dealkylation sites (N-methyl/N-ethyl adjacent to an activating group) is 1. The van der Waals surface area contributed by atoms with Crippen molar-refractivity contribution in [2.45, 2.75) is 45.2 Å². The first-order valence-corrected chi connectivity index (χ1v) is 7.89. The first kappa shape index (κ1) is 15.8. The van der Waals surface area contributed by atoms with Crippen LogP contribution in [0.2, 0.25) is 0 Å². The number of anilines is 1. The molecule has 0 aromatic carbocycles. The summed E-state index contributed by atoms with van der Waals surface area (Å²) in [5, 5.41) is 6.16. The molecule has 0 saturated carbocycles. The van der Waals surface area contributed by atoms with Crippen LogP contribution in [0.1, 0.15) is 38.2 Å². The number of aromatic nitrogens is 1. The minimum Gasteiger partial charge on any atom is -0.370 e. The van der Waals surface area contributed by atoms with Crippen LogP contribution >= 0.6 is 0 Å². The highest BCUT2D eigenvalue weighted by Crippen LogP contribution is 2.22. The average Bonchev–Trinajstić information content (AvgIpc) is 2.54. The Balaban J connectivity index is 2.10. The van der Waals surface area contributed by atoms with Crippen molar-refractivity contribution >= 4 is 11.7 Å². The summed E-state index contributed by atoms with van der Waals surface area (Å²) in [6.45, 7) is 4.81. The molecule has 1 aliphatic heterocycles. The number of nitrogens with zero attached hydrogens (tertiary/aromatic N) is 2. The molecule has 1 fully saturated rings. The van der Waals surface area contributed by atoms with E-state index >= 15 is 0 Å². The Bertz CT molecular complexity index is 463. The van der Waals surface area contributed by atoms with Crippen LogP contribution in [0.5, 0.6) is 0 Å². The Morgan fingerprint density at radius 3 is 3.10 bits per heavy atom. The van der Waals surface area contributed by atoms with Crippen molar-refractivity contribution in [1.82, 2.24) is 15.2 Å². The van der Waals surface area contributed by atoms with Crippen LogP contribution < -0.4 is 10.6 Å². The molecule has 21 heavy (non-hydrogen) atoms. The number of nitrogens with one attached hydrogen (secondary N) is 2. The maximum Gasteiger partial charge on any atom is 0.237 e. The van der Waals surface area contributed by atoms with Crippen LogP contribution in [-0.4, -0.2) is 42.0 Å². The standard InChI is InChI=1S/C16H26N4O/c1-3-9-18-15-13(7-6-10-19-15)12-20-11-5-4-8-14(20)16(21)17-2/h6-7,10,14H,3-5,8-9,11-12H2,1-2H3,(H,17,21)(H,18,19). The van der Waals surface area contributed by atoms with Gasteiger partial charge in [0.15, 0.2) is 0 Å². The molecule has 0 spiro atoms. The highest BCUT2D eigenvalue weighted by Gasteiger charge is 2.28. The Kier molecular flexibility index (Phi) is 5.99. The van der Waals surface area contributed by atoms with E-state index < -0.39 is 0 Å². The summed E-state index contributed by atoms with van der Waals surface area (Å²) >= 11 is 0. The molecule has 2 rings (SSSR count). The molecule has 1 saturated heterocycles. The first-order chi connectivity index (χ1) is 10.3. The molecule has 0 aliphatic carbocycles.